The van der Waals surface area contributed by atoms with E-state index in [0.29, 0.717) is 66.8 Å². The molecule has 0 fully saturated rings. The van der Waals surface area contributed by atoms with Gasteiger partial charge in [-0.15, -0.1) is 0 Å². The monoisotopic (exact) mass is 1300 g/mol. The van der Waals surface area contributed by atoms with Crippen molar-refractivity contribution in [3.05, 3.63) is 227 Å². The van der Waals surface area contributed by atoms with Crippen LogP contribution in [0.5, 0.6) is 46.0 Å². The molecule has 0 spiro atoms. The van der Waals surface area contributed by atoms with Crippen molar-refractivity contribution >= 4 is 90.4 Å². The molecule has 9 rings (SSSR count). The van der Waals surface area contributed by atoms with Crippen molar-refractivity contribution in [3.63, 3.8) is 0 Å². The second-order valence-electron chi connectivity index (χ2n) is 15.8. The molecule has 8 aromatic rings. The van der Waals surface area contributed by atoms with Crippen LogP contribution in [0.4, 0.5) is 0 Å². The van der Waals surface area contributed by atoms with Gasteiger partial charge in [-0.1, -0.05) is 48.5 Å². The Bertz CT molecular complexity index is 2560. The average Bonchev–Trinajstić information content (AvgIpc) is 3.25. The van der Waals surface area contributed by atoms with E-state index in [4.69, 9.17) is 0 Å². The third kappa shape index (κ3) is 8.30. The molecule has 0 amide bonds. The summed E-state index contributed by atoms with van der Waals surface area (Å²) in [5, 5.41) is 95.8. The number of rotatable bonds is 4. The molecular formula is C52H36I4O8. The number of phenolic OH excluding ortho intramolecular Hbond substituents is 8. The van der Waals surface area contributed by atoms with E-state index < -0.39 is 23.7 Å². The maximum Gasteiger partial charge on any atom is 0.123 e. The Morgan fingerprint density at radius 1 is 0.219 bits per heavy atom. The van der Waals surface area contributed by atoms with E-state index in [9.17, 15) is 40.9 Å². The minimum absolute atomic E-state index is 0.273. The Hall–Kier alpha value is -4.92. The Morgan fingerprint density at radius 2 is 0.359 bits per heavy atom. The number of phenols is 8. The molecule has 0 heterocycles. The molecule has 1 aliphatic carbocycles. The molecule has 0 aliphatic heterocycles. The summed E-state index contributed by atoms with van der Waals surface area (Å²) >= 11 is 8.82. The summed E-state index contributed by atoms with van der Waals surface area (Å²) in [6.45, 7) is 0. The maximum absolute atomic E-state index is 12.0. The molecule has 0 aromatic heterocycles. The van der Waals surface area contributed by atoms with Crippen LogP contribution in [0.2, 0.25) is 0 Å². The normalized spacial score (nSPS) is 16.9. The molecule has 0 atom stereocenters. The molecule has 8 bridgehead atoms. The number of hydrogen-bond donors (Lipinski definition) is 8. The van der Waals surface area contributed by atoms with Gasteiger partial charge >= 0.3 is 0 Å². The first-order valence-corrected chi connectivity index (χ1v) is 24.2. The van der Waals surface area contributed by atoms with Gasteiger partial charge in [-0.05, 0) is 185 Å². The van der Waals surface area contributed by atoms with Gasteiger partial charge in [0, 0.05) is 107 Å². The summed E-state index contributed by atoms with van der Waals surface area (Å²) in [7, 11) is 0. The number of benzene rings is 8. The highest BCUT2D eigenvalue weighted by molar-refractivity contribution is 14.1. The molecule has 1 aliphatic rings. The number of hydrogen-bond acceptors (Lipinski definition) is 8. The SMILES string of the molecule is Oc1cc(O)c2cc1C(c1ccc(I)cc1)c1cc(c(O)cc1O)C(c1ccc(I)cc1)c1cc(c(O)cc1O)C(c1ccc(I)cc1)c1cc(c(O)cc1O)C2c1ccc(I)cc1. The zero-order chi connectivity index (χ0) is 45.1. The summed E-state index contributed by atoms with van der Waals surface area (Å²) in [6, 6.07) is 42.1. The van der Waals surface area contributed by atoms with E-state index in [0.717, 1.165) is 14.3 Å². The van der Waals surface area contributed by atoms with Crippen molar-refractivity contribution < 1.29 is 40.9 Å². The lowest BCUT2D eigenvalue weighted by Gasteiger charge is -2.29. The number of aromatic hydroxyl groups is 8. The van der Waals surface area contributed by atoms with Gasteiger partial charge in [0.05, 0.1) is 0 Å². The Balaban J connectivity index is 1.48. The van der Waals surface area contributed by atoms with E-state index in [-0.39, 0.29) is 46.0 Å². The fourth-order valence-electron chi connectivity index (χ4n) is 9.02. The summed E-state index contributed by atoms with van der Waals surface area (Å²) in [6.07, 6.45) is 0. The standard InChI is InChI=1S/C52H36I4O8/c53-29-9-1-25(2-10-29)49-33-17-35(43(59)21-41(33)57)50(26-3-11-30(54)12-4-26)37-19-39(47(63)23-45(37)61)52(28-7-15-32(56)16-8-28)40-20-38(46(62)24-48(40)64)51(27-5-13-31(55)14-6-27)36-18-34(49)42(58)22-44(36)60/h1-24,49-52,57-64H. The molecule has 320 valence electrons. The predicted molar refractivity (Wildman–Crippen MR) is 280 cm³/mol. The molecule has 8 aromatic carbocycles. The van der Waals surface area contributed by atoms with Gasteiger partial charge in [0.2, 0.25) is 0 Å². The second kappa shape index (κ2) is 17.8. The Labute approximate surface area is 423 Å². The van der Waals surface area contributed by atoms with Crippen LogP contribution >= 0.6 is 90.4 Å². The van der Waals surface area contributed by atoms with Crippen molar-refractivity contribution in [2.45, 2.75) is 23.7 Å². The van der Waals surface area contributed by atoms with Gasteiger partial charge in [0.15, 0.2) is 0 Å². The number of fused-ring (bicyclic) bond motifs is 8. The van der Waals surface area contributed by atoms with E-state index in [2.05, 4.69) is 90.4 Å². The van der Waals surface area contributed by atoms with Gasteiger partial charge in [-0.2, -0.15) is 0 Å². The topological polar surface area (TPSA) is 162 Å². The highest BCUT2D eigenvalue weighted by atomic mass is 127. The Kier molecular flexibility index (Phi) is 12.3. The van der Waals surface area contributed by atoms with Crippen LogP contribution in [0.15, 0.2) is 146 Å². The minimum atomic E-state index is -0.906. The van der Waals surface area contributed by atoms with Crippen LogP contribution in [0.25, 0.3) is 0 Å². The first-order chi connectivity index (χ1) is 30.7. The lowest BCUT2D eigenvalue weighted by Crippen LogP contribution is -2.13. The molecule has 64 heavy (non-hydrogen) atoms. The maximum atomic E-state index is 12.0. The third-order valence-electron chi connectivity index (χ3n) is 12.0. The van der Waals surface area contributed by atoms with Gasteiger partial charge in [0.25, 0.3) is 0 Å². The zero-order valence-corrected chi connectivity index (χ0v) is 41.9. The van der Waals surface area contributed by atoms with E-state index >= 15 is 0 Å². The lowest BCUT2D eigenvalue weighted by atomic mass is 9.75. The summed E-state index contributed by atoms with van der Waals surface area (Å²) in [5.41, 5.74) is 5.11. The molecule has 0 radical (unpaired) electrons. The van der Waals surface area contributed by atoms with Crippen LogP contribution in [0.3, 0.4) is 0 Å². The molecule has 0 saturated heterocycles. The van der Waals surface area contributed by atoms with Gasteiger partial charge in [0.1, 0.15) is 46.0 Å². The highest BCUT2D eigenvalue weighted by Gasteiger charge is 2.35. The summed E-state index contributed by atoms with van der Waals surface area (Å²) in [4.78, 5) is 0. The van der Waals surface area contributed by atoms with E-state index in [1.54, 1.807) is 24.3 Å². The lowest BCUT2D eigenvalue weighted by molar-refractivity contribution is 0.431. The predicted octanol–water partition coefficient (Wildman–Crippen LogP) is 12.8. The molecule has 12 heteroatoms. The van der Waals surface area contributed by atoms with E-state index in [1.165, 1.54) is 24.3 Å². The fraction of sp³-hybridized carbons (Fsp3) is 0.0769. The molecule has 8 N–H and O–H groups in total. The largest absolute Gasteiger partial charge is 0.507 e. The molecule has 0 saturated carbocycles. The first kappa shape index (κ1) is 44.3. The summed E-state index contributed by atoms with van der Waals surface area (Å²) in [5.74, 6) is -5.80. The van der Waals surface area contributed by atoms with Crippen LogP contribution in [0, 0.1) is 14.3 Å². The fourth-order valence-corrected chi connectivity index (χ4v) is 10.5. The molecule has 8 nitrogen and oxygen atoms in total. The Morgan fingerprint density at radius 3 is 0.500 bits per heavy atom. The van der Waals surface area contributed by atoms with Crippen LogP contribution < -0.4 is 0 Å². The smallest absolute Gasteiger partial charge is 0.123 e. The summed E-state index contributed by atoms with van der Waals surface area (Å²) < 4.78 is 3.77. The highest BCUT2D eigenvalue weighted by Crippen LogP contribution is 2.53. The number of halogens is 4. The second-order valence-corrected chi connectivity index (χ2v) is 20.8. The van der Waals surface area contributed by atoms with Crippen LogP contribution in [-0.4, -0.2) is 40.9 Å². The van der Waals surface area contributed by atoms with Crippen molar-refractivity contribution in [3.8, 4) is 46.0 Å². The minimum Gasteiger partial charge on any atom is -0.507 e. The van der Waals surface area contributed by atoms with E-state index in [1.807, 2.05) is 97.1 Å². The van der Waals surface area contributed by atoms with Crippen molar-refractivity contribution in [1.29, 1.82) is 0 Å². The van der Waals surface area contributed by atoms with Crippen LogP contribution in [0.1, 0.15) is 90.4 Å². The third-order valence-corrected chi connectivity index (χ3v) is 14.9. The van der Waals surface area contributed by atoms with Gasteiger partial charge in [-0.3, -0.25) is 0 Å². The molecule has 0 unspecified atom stereocenters. The van der Waals surface area contributed by atoms with Crippen LogP contribution in [-0.2, 0) is 0 Å². The molecular weight excluding hydrogens is 1260 g/mol. The van der Waals surface area contributed by atoms with Crippen molar-refractivity contribution in [1.82, 2.24) is 0 Å². The van der Waals surface area contributed by atoms with Gasteiger partial charge in [-0.25, -0.2) is 0 Å². The first-order valence-electron chi connectivity index (χ1n) is 19.9. The quantitative estimate of drug-likeness (QED) is 0.0808. The van der Waals surface area contributed by atoms with Crippen molar-refractivity contribution in [2.24, 2.45) is 0 Å². The van der Waals surface area contributed by atoms with Crippen molar-refractivity contribution in [2.75, 3.05) is 0 Å². The average molecular weight is 1300 g/mol. The zero-order valence-electron chi connectivity index (χ0n) is 33.3. The van der Waals surface area contributed by atoms with Gasteiger partial charge < -0.3 is 40.9 Å².